The fraction of sp³-hybridized carbons (Fsp3) is 0.467. The standard InChI is InChI=1S/C15H20ClN3O4S/c1-24(22,23)19(10-13-4-2-3-5-14(13)16)11-15(21)18-8-6-17(12-20)7-9-18/h2-5,12H,6-11H2,1H3. The number of carbonyl (C=O) groups excluding carboxylic acids is 2. The number of hydrogen-bond donors (Lipinski definition) is 0. The summed E-state index contributed by atoms with van der Waals surface area (Å²) in [4.78, 5) is 26.3. The van der Waals surface area contributed by atoms with Crippen LogP contribution in [-0.2, 0) is 26.2 Å². The van der Waals surface area contributed by atoms with Crippen LogP contribution in [0.3, 0.4) is 0 Å². The van der Waals surface area contributed by atoms with Gasteiger partial charge in [-0.25, -0.2) is 8.42 Å². The highest BCUT2D eigenvalue weighted by Crippen LogP contribution is 2.18. The number of benzene rings is 1. The SMILES string of the molecule is CS(=O)(=O)N(CC(=O)N1CCN(C=O)CC1)Cc1ccccc1Cl. The third kappa shape index (κ3) is 4.93. The smallest absolute Gasteiger partial charge is 0.238 e. The van der Waals surface area contributed by atoms with Crippen LogP contribution in [0.25, 0.3) is 0 Å². The van der Waals surface area contributed by atoms with Crippen LogP contribution in [-0.4, -0.2) is 73.8 Å². The Kier molecular flexibility index (Phi) is 6.20. The Morgan fingerprint density at radius 1 is 1.25 bits per heavy atom. The maximum Gasteiger partial charge on any atom is 0.238 e. The van der Waals surface area contributed by atoms with Gasteiger partial charge in [-0.15, -0.1) is 0 Å². The second kappa shape index (κ2) is 7.96. The highest BCUT2D eigenvalue weighted by molar-refractivity contribution is 7.88. The quantitative estimate of drug-likeness (QED) is 0.676. The molecule has 1 aliphatic heterocycles. The lowest BCUT2D eigenvalue weighted by atomic mass is 10.2. The molecule has 132 valence electrons. The predicted molar refractivity (Wildman–Crippen MR) is 90.9 cm³/mol. The van der Waals surface area contributed by atoms with Crippen LogP contribution in [0.1, 0.15) is 5.56 Å². The lowest BCUT2D eigenvalue weighted by Gasteiger charge is -2.33. The third-order valence-electron chi connectivity index (χ3n) is 3.90. The topological polar surface area (TPSA) is 78.0 Å². The number of nitrogens with zero attached hydrogens (tertiary/aromatic N) is 3. The van der Waals surface area contributed by atoms with Crippen molar-refractivity contribution < 1.29 is 18.0 Å². The maximum absolute atomic E-state index is 12.4. The fourth-order valence-corrected chi connectivity index (χ4v) is 3.35. The molecular weight excluding hydrogens is 354 g/mol. The minimum absolute atomic E-state index is 0.0402. The molecule has 2 rings (SSSR count). The van der Waals surface area contributed by atoms with Gasteiger partial charge in [0.15, 0.2) is 0 Å². The van der Waals surface area contributed by atoms with E-state index in [-0.39, 0.29) is 19.0 Å². The molecule has 24 heavy (non-hydrogen) atoms. The molecule has 0 aliphatic carbocycles. The van der Waals surface area contributed by atoms with E-state index in [2.05, 4.69) is 0 Å². The summed E-state index contributed by atoms with van der Waals surface area (Å²) in [7, 11) is -3.57. The van der Waals surface area contributed by atoms with E-state index in [1.54, 1.807) is 34.1 Å². The molecule has 1 saturated heterocycles. The molecule has 0 bridgehead atoms. The number of rotatable bonds is 6. The molecule has 1 aromatic carbocycles. The average molecular weight is 374 g/mol. The number of halogens is 1. The van der Waals surface area contributed by atoms with Crippen LogP contribution < -0.4 is 0 Å². The van der Waals surface area contributed by atoms with E-state index in [0.29, 0.717) is 36.8 Å². The van der Waals surface area contributed by atoms with Gasteiger partial charge in [0, 0.05) is 37.7 Å². The Morgan fingerprint density at radius 2 is 1.88 bits per heavy atom. The minimum Gasteiger partial charge on any atom is -0.342 e. The molecular formula is C15H20ClN3O4S. The molecule has 2 amide bonds. The van der Waals surface area contributed by atoms with Gasteiger partial charge in [-0.3, -0.25) is 9.59 Å². The van der Waals surface area contributed by atoms with Crippen molar-refractivity contribution in [3.05, 3.63) is 34.9 Å². The summed E-state index contributed by atoms with van der Waals surface area (Å²) in [6.45, 7) is 1.52. The van der Waals surface area contributed by atoms with Crippen molar-refractivity contribution in [2.45, 2.75) is 6.54 Å². The maximum atomic E-state index is 12.4. The number of sulfonamides is 1. The van der Waals surface area contributed by atoms with Gasteiger partial charge in [0.1, 0.15) is 0 Å². The highest BCUT2D eigenvalue weighted by Gasteiger charge is 2.26. The van der Waals surface area contributed by atoms with Gasteiger partial charge in [0.2, 0.25) is 22.3 Å². The van der Waals surface area contributed by atoms with Crippen molar-refractivity contribution >= 4 is 33.9 Å². The number of piperazine rings is 1. The molecule has 0 saturated carbocycles. The van der Waals surface area contributed by atoms with Crippen molar-refractivity contribution in [2.75, 3.05) is 39.0 Å². The van der Waals surface area contributed by atoms with E-state index in [4.69, 9.17) is 11.6 Å². The van der Waals surface area contributed by atoms with E-state index in [9.17, 15) is 18.0 Å². The van der Waals surface area contributed by atoms with Crippen molar-refractivity contribution in [3.8, 4) is 0 Å². The molecule has 1 aliphatic rings. The zero-order valence-corrected chi connectivity index (χ0v) is 15.0. The molecule has 1 aromatic rings. The molecule has 0 aromatic heterocycles. The average Bonchev–Trinajstić information content (AvgIpc) is 2.55. The summed E-state index contributed by atoms with van der Waals surface area (Å²) in [5.41, 5.74) is 0.642. The largest absolute Gasteiger partial charge is 0.342 e. The van der Waals surface area contributed by atoms with Crippen LogP contribution in [0, 0.1) is 0 Å². The van der Waals surface area contributed by atoms with E-state index in [1.807, 2.05) is 0 Å². The highest BCUT2D eigenvalue weighted by atomic mass is 35.5. The van der Waals surface area contributed by atoms with Crippen LogP contribution in [0.4, 0.5) is 0 Å². The normalized spacial score (nSPS) is 15.6. The van der Waals surface area contributed by atoms with E-state index >= 15 is 0 Å². The molecule has 7 nitrogen and oxygen atoms in total. The molecule has 9 heteroatoms. The summed E-state index contributed by atoms with van der Waals surface area (Å²) in [6, 6.07) is 6.93. The summed E-state index contributed by atoms with van der Waals surface area (Å²) in [5.74, 6) is -0.280. The lowest BCUT2D eigenvalue weighted by Crippen LogP contribution is -2.51. The number of hydrogen-bond acceptors (Lipinski definition) is 4. The summed E-state index contributed by atoms with van der Waals surface area (Å²) < 4.78 is 25.2. The molecule has 1 heterocycles. The Bertz CT molecular complexity index is 702. The number of amides is 2. The first-order valence-corrected chi connectivity index (χ1v) is 9.69. The summed E-state index contributed by atoms with van der Waals surface area (Å²) in [5, 5.41) is 0.457. The predicted octanol–water partition coefficient (Wildman–Crippen LogP) is 0.402. The molecule has 0 radical (unpaired) electrons. The first-order chi connectivity index (χ1) is 11.3. The Labute approximate surface area is 146 Å². The summed E-state index contributed by atoms with van der Waals surface area (Å²) in [6.07, 6.45) is 1.82. The second-order valence-electron chi connectivity index (χ2n) is 5.64. The van der Waals surface area contributed by atoms with Crippen molar-refractivity contribution in [3.63, 3.8) is 0 Å². The first kappa shape index (κ1) is 18.7. The molecule has 1 fully saturated rings. The second-order valence-corrected chi connectivity index (χ2v) is 8.03. The van der Waals surface area contributed by atoms with Crippen molar-refractivity contribution in [2.24, 2.45) is 0 Å². The zero-order valence-electron chi connectivity index (χ0n) is 13.4. The van der Waals surface area contributed by atoms with Gasteiger partial charge in [0.25, 0.3) is 0 Å². The lowest BCUT2D eigenvalue weighted by molar-refractivity contribution is -0.135. The van der Waals surface area contributed by atoms with Gasteiger partial charge in [-0.1, -0.05) is 29.8 Å². The van der Waals surface area contributed by atoms with Crippen LogP contribution in [0.2, 0.25) is 5.02 Å². The van der Waals surface area contributed by atoms with Gasteiger partial charge < -0.3 is 9.80 Å². The van der Waals surface area contributed by atoms with Gasteiger partial charge in [-0.2, -0.15) is 4.31 Å². The van der Waals surface area contributed by atoms with E-state index < -0.39 is 10.0 Å². The van der Waals surface area contributed by atoms with Crippen LogP contribution in [0.15, 0.2) is 24.3 Å². The fourth-order valence-electron chi connectivity index (χ4n) is 2.43. The van der Waals surface area contributed by atoms with Gasteiger partial charge in [-0.05, 0) is 11.6 Å². The number of carbonyl (C=O) groups is 2. The minimum atomic E-state index is -3.57. The zero-order chi connectivity index (χ0) is 17.7. The van der Waals surface area contributed by atoms with Gasteiger partial charge >= 0.3 is 0 Å². The monoisotopic (exact) mass is 373 g/mol. The van der Waals surface area contributed by atoms with Crippen LogP contribution >= 0.6 is 11.6 Å². The van der Waals surface area contributed by atoms with Crippen molar-refractivity contribution in [1.29, 1.82) is 0 Å². The van der Waals surface area contributed by atoms with Crippen molar-refractivity contribution in [1.82, 2.24) is 14.1 Å². The Hall–Kier alpha value is -1.64. The molecule has 0 unspecified atom stereocenters. The third-order valence-corrected chi connectivity index (χ3v) is 5.47. The van der Waals surface area contributed by atoms with E-state index in [1.165, 1.54) is 0 Å². The molecule has 0 atom stereocenters. The Morgan fingerprint density at radius 3 is 2.42 bits per heavy atom. The van der Waals surface area contributed by atoms with Gasteiger partial charge in [0.05, 0.1) is 12.8 Å². The van der Waals surface area contributed by atoms with Crippen LogP contribution in [0.5, 0.6) is 0 Å². The molecule has 0 N–H and O–H groups in total. The molecule has 0 spiro atoms. The summed E-state index contributed by atoms with van der Waals surface area (Å²) >= 11 is 6.08. The Balaban J connectivity index is 2.06. The van der Waals surface area contributed by atoms with E-state index in [0.717, 1.165) is 17.0 Å². The first-order valence-electron chi connectivity index (χ1n) is 7.47.